The molecule has 0 aliphatic heterocycles. The molecule has 0 amide bonds. The number of halogens is 3. The van der Waals surface area contributed by atoms with Gasteiger partial charge < -0.3 is 4.74 Å². The summed E-state index contributed by atoms with van der Waals surface area (Å²) in [5.74, 6) is -1.79. The quantitative estimate of drug-likeness (QED) is 0.672. The summed E-state index contributed by atoms with van der Waals surface area (Å²) in [5.41, 5.74) is -0.166. The SMILES string of the molecule is Cc1c(F)ccc(OCF)c1F. The van der Waals surface area contributed by atoms with Crippen LogP contribution in [0.15, 0.2) is 12.1 Å². The third kappa shape index (κ3) is 1.52. The number of hydrogen-bond acceptors (Lipinski definition) is 1. The second kappa shape index (κ2) is 3.47. The highest BCUT2D eigenvalue weighted by Gasteiger charge is 2.09. The number of alkyl halides is 1. The van der Waals surface area contributed by atoms with E-state index < -0.39 is 18.5 Å². The number of benzene rings is 1. The molecule has 0 aliphatic carbocycles. The minimum Gasteiger partial charge on any atom is -0.460 e. The van der Waals surface area contributed by atoms with Gasteiger partial charge in [0.2, 0.25) is 6.86 Å². The second-order valence-corrected chi connectivity index (χ2v) is 2.24. The van der Waals surface area contributed by atoms with Gasteiger partial charge in [-0.05, 0) is 19.1 Å². The van der Waals surface area contributed by atoms with Gasteiger partial charge in [0.05, 0.1) is 0 Å². The van der Waals surface area contributed by atoms with E-state index in [1.807, 2.05) is 0 Å². The average molecular weight is 176 g/mol. The van der Waals surface area contributed by atoms with Gasteiger partial charge in [0, 0.05) is 5.56 Å². The molecule has 0 saturated carbocycles. The highest BCUT2D eigenvalue weighted by atomic mass is 19.1. The molecule has 12 heavy (non-hydrogen) atoms. The molecule has 66 valence electrons. The van der Waals surface area contributed by atoms with Gasteiger partial charge in [-0.25, -0.2) is 13.2 Å². The van der Waals surface area contributed by atoms with Gasteiger partial charge >= 0.3 is 0 Å². The molecule has 1 aromatic carbocycles. The molecule has 1 nitrogen and oxygen atoms in total. The molecule has 0 fully saturated rings. The lowest BCUT2D eigenvalue weighted by atomic mass is 10.2. The van der Waals surface area contributed by atoms with Crippen LogP contribution < -0.4 is 4.74 Å². The van der Waals surface area contributed by atoms with Gasteiger partial charge in [-0.3, -0.25) is 0 Å². The van der Waals surface area contributed by atoms with Gasteiger partial charge in [-0.1, -0.05) is 0 Å². The third-order valence-electron chi connectivity index (χ3n) is 1.49. The fourth-order valence-corrected chi connectivity index (χ4v) is 0.807. The molecule has 0 spiro atoms. The fraction of sp³-hybridized carbons (Fsp3) is 0.250. The average Bonchev–Trinajstić information content (AvgIpc) is 2.07. The van der Waals surface area contributed by atoms with Crippen molar-refractivity contribution in [3.8, 4) is 5.75 Å². The van der Waals surface area contributed by atoms with Crippen LogP contribution in [0.5, 0.6) is 5.75 Å². The molecule has 0 aliphatic rings. The first kappa shape index (κ1) is 8.90. The van der Waals surface area contributed by atoms with Crippen molar-refractivity contribution in [2.45, 2.75) is 6.92 Å². The summed E-state index contributed by atoms with van der Waals surface area (Å²) in [6.07, 6.45) is 0. The largest absolute Gasteiger partial charge is 0.460 e. The van der Waals surface area contributed by atoms with E-state index in [1.54, 1.807) is 0 Å². The van der Waals surface area contributed by atoms with Crippen LogP contribution in [-0.4, -0.2) is 6.86 Å². The van der Waals surface area contributed by atoms with Crippen molar-refractivity contribution < 1.29 is 17.9 Å². The topological polar surface area (TPSA) is 9.23 Å². The molecular formula is C8H7F3O. The Balaban J connectivity index is 3.08. The molecule has 0 saturated heterocycles. The summed E-state index contributed by atoms with van der Waals surface area (Å²) in [6, 6.07) is 2.08. The second-order valence-electron chi connectivity index (χ2n) is 2.24. The number of rotatable bonds is 2. The first-order chi connectivity index (χ1) is 5.66. The van der Waals surface area contributed by atoms with Crippen LogP contribution >= 0.6 is 0 Å². The van der Waals surface area contributed by atoms with Gasteiger partial charge in [0.15, 0.2) is 11.6 Å². The Bertz CT molecular complexity index is 286. The molecule has 1 rings (SSSR count). The highest BCUT2D eigenvalue weighted by Crippen LogP contribution is 2.22. The molecular weight excluding hydrogens is 169 g/mol. The Morgan fingerprint density at radius 3 is 2.58 bits per heavy atom. The van der Waals surface area contributed by atoms with Crippen molar-refractivity contribution in [1.29, 1.82) is 0 Å². The Morgan fingerprint density at radius 1 is 1.33 bits per heavy atom. The van der Waals surface area contributed by atoms with Gasteiger partial charge in [0.1, 0.15) is 5.82 Å². The standard InChI is InChI=1S/C8H7F3O/c1-5-6(10)2-3-7(8(5)11)12-4-9/h2-3H,4H2,1H3. The fourth-order valence-electron chi connectivity index (χ4n) is 0.807. The van der Waals surface area contributed by atoms with E-state index in [-0.39, 0.29) is 11.3 Å². The molecule has 0 aromatic heterocycles. The van der Waals surface area contributed by atoms with E-state index in [0.29, 0.717) is 0 Å². The minimum absolute atomic E-state index is 0.166. The summed E-state index contributed by atoms with van der Waals surface area (Å²) in [7, 11) is 0. The predicted octanol–water partition coefficient (Wildman–Crippen LogP) is 2.58. The molecule has 0 bridgehead atoms. The van der Waals surface area contributed by atoms with Crippen LogP contribution in [0.2, 0.25) is 0 Å². The first-order valence-corrected chi connectivity index (χ1v) is 3.30. The number of ether oxygens (including phenoxy) is 1. The Kier molecular flexibility index (Phi) is 2.58. The summed E-state index contributed by atoms with van der Waals surface area (Å²) in [4.78, 5) is 0. The first-order valence-electron chi connectivity index (χ1n) is 3.30. The van der Waals surface area contributed by atoms with Crippen molar-refractivity contribution >= 4 is 0 Å². The molecule has 0 unspecified atom stereocenters. The zero-order valence-electron chi connectivity index (χ0n) is 6.40. The van der Waals surface area contributed by atoms with Gasteiger partial charge in [0.25, 0.3) is 0 Å². The van der Waals surface area contributed by atoms with E-state index in [1.165, 1.54) is 6.92 Å². The summed E-state index contributed by atoms with van der Waals surface area (Å²) < 4.78 is 41.4. The van der Waals surface area contributed by atoms with Gasteiger partial charge in [-0.2, -0.15) is 0 Å². The molecule has 4 heteroatoms. The molecule has 1 aromatic rings. The van der Waals surface area contributed by atoms with Crippen LogP contribution in [0.25, 0.3) is 0 Å². The van der Waals surface area contributed by atoms with Crippen LogP contribution in [0.1, 0.15) is 5.56 Å². The van der Waals surface area contributed by atoms with E-state index >= 15 is 0 Å². The van der Waals surface area contributed by atoms with E-state index in [9.17, 15) is 13.2 Å². The maximum absolute atomic E-state index is 12.9. The Morgan fingerprint density at radius 2 is 2.00 bits per heavy atom. The smallest absolute Gasteiger partial charge is 0.228 e. The van der Waals surface area contributed by atoms with Gasteiger partial charge in [-0.15, -0.1) is 0 Å². The van der Waals surface area contributed by atoms with Crippen molar-refractivity contribution in [3.63, 3.8) is 0 Å². The monoisotopic (exact) mass is 176 g/mol. The zero-order valence-corrected chi connectivity index (χ0v) is 6.40. The van der Waals surface area contributed by atoms with Crippen molar-refractivity contribution in [3.05, 3.63) is 29.3 Å². The van der Waals surface area contributed by atoms with Crippen LogP contribution in [0.4, 0.5) is 13.2 Å². The lowest BCUT2D eigenvalue weighted by molar-refractivity contribution is 0.183. The van der Waals surface area contributed by atoms with Crippen LogP contribution in [0, 0.1) is 18.6 Å². The predicted molar refractivity (Wildman–Crippen MR) is 37.7 cm³/mol. The summed E-state index contributed by atoms with van der Waals surface area (Å²) in [5, 5.41) is 0. The van der Waals surface area contributed by atoms with E-state index in [2.05, 4.69) is 4.74 Å². The maximum atomic E-state index is 12.9. The zero-order chi connectivity index (χ0) is 9.14. The van der Waals surface area contributed by atoms with Crippen LogP contribution in [0.3, 0.4) is 0 Å². The summed E-state index contributed by atoms with van der Waals surface area (Å²) >= 11 is 0. The maximum Gasteiger partial charge on any atom is 0.228 e. The molecule has 0 radical (unpaired) electrons. The molecule has 0 N–H and O–H groups in total. The van der Waals surface area contributed by atoms with Crippen molar-refractivity contribution in [1.82, 2.24) is 0 Å². The van der Waals surface area contributed by atoms with E-state index in [4.69, 9.17) is 0 Å². The normalized spacial score (nSPS) is 10.0. The van der Waals surface area contributed by atoms with Crippen LogP contribution in [-0.2, 0) is 0 Å². The van der Waals surface area contributed by atoms with Crippen molar-refractivity contribution in [2.24, 2.45) is 0 Å². The minimum atomic E-state index is -1.12. The lowest BCUT2D eigenvalue weighted by Gasteiger charge is -2.04. The van der Waals surface area contributed by atoms with E-state index in [0.717, 1.165) is 12.1 Å². The highest BCUT2D eigenvalue weighted by molar-refractivity contribution is 5.31. The molecule has 0 heterocycles. The molecule has 0 atom stereocenters. The Hall–Kier alpha value is -1.19. The summed E-state index contributed by atoms with van der Waals surface area (Å²) in [6.45, 7) is 0.137. The third-order valence-corrected chi connectivity index (χ3v) is 1.49. The number of hydrogen-bond donors (Lipinski definition) is 0. The Labute approximate surface area is 67.8 Å². The lowest BCUT2D eigenvalue weighted by Crippen LogP contribution is -1.97. The van der Waals surface area contributed by atoms with Crippen molar-refractivity contribution in [2.75, 3.05) is 6.86 Å².